The molecule has 2 aliphatic heterocycles. The second kappa shape index (κ2) is 6.67. The van der Waals surface area contributed by atoms with E-state index in [0.29, 0.717) is 19.5 Å². The summed E-state index contributed by atoms with van der Waals surface area (Å²) in [5.41, 5.74) is 3.33. The van der Waals surface area contributed by atoms with Crippen LogP contribution in [0.2, 0.25) is 0 Å². The molecule has 0 saturated carbocycles. The number of benzene rings is 1. The van der Waals surface area contributed by atoms with E-state index in [1.54, 1.807) is 4.90 Å². The van der Waals surface area contributed by atoms with Gasteiger partial charge in [-0.05, 0) is 34.9 Å². The van der Waals surface area contributed by atoms with Crippen molar-refractivity contribution in [3.63, 3.8) is 0 Å². The Morgan fingerprint density at radius 2 is 2.08 bits per heavy atom. The lowest BCUT2D eigenvalue weighted by Gasteiger charge is -2.40. The second-order valence-corrected chi connectivity index (χ2v) is 8.03. The second-order valence-electron chi connectivity index (χ2n) is 8.03. The third-order valence-electron chi connectivity index (χ3n) is 4.88. The highest BCUT2D eigenvalue weighted by atomic mass is 16.5. The van der Waals surface area contributed by atoms with Gasteiger partial charge in [0.05, 0.1) is 6.04 Å². The number of amides is 2. The van der Waals surface area contributed by atoms with Gasteiger partial charge >= 0.3 is 6.09 Å². The number of hydrogen-bond donors (Lipinski definition) is 2. The lowest BCUT2D eigenvalue weighted by atomic mass is 9.79. The zero-order valence-corrected chi connectivity index (χ0v) is 15.0. The molecule has 2 amide bonds. The Morgan fingerprint density at radius 3 is 2.68 bits per heavy atom. The minimum atomic E-state index is -0.869. The van der Waals surface area contributed by atoms with Crippen LogP contribution in [0.1, 0.15) is 56.0 Å². The highest BCUT2D eigenvalue weighted by molar-refractivity contribution is 5.77. The van der Waals surface area contributed by atoms with Gasteiger partial charge in [0, 0.05) is 13.1 Å². The van der Waals surface area contributed by atoms with Crippen LogP contribution in [0.3, 0.4) is 0 Å². The van der Waals surface area contributed by atoms with Crippen molar-refractivity contribution >= 4 is 12.0 Å². The molecule has 25 heavy (non-hydrogen) atoms. The Kier molecular flexibility index (Phi) is 4.73. The maximum absolute atomic E-state index is 11.7. The molecule has 2 N–H and O–H groups in total. The van der Waals surface area contributed by atoms with Gasteiger partial charge < -0.3 is 20.1 Å². The van der Waals surface area contributed by atoms with E-state index in [0.717, 1.165) is 17.5 Å². The standard InChI is InChI=1S/C19H26N2O4/c1-19(2,3)9-15-13-5-4-6-14(16-10-20-17(22)11-25-16)12(13)7-8-21(15)18(23)24/h4-6,15-16H,7-11H2,1-3H3,(H,20,22)(H,23,24)/t15-,16?/m0/s1. The van der Waals surface area contributed by atoms with Gasteiger partial charge in [0.15, 0.2) is 0 Å². The predicted octanol–water partition coefficient (Wildman–Crippen LogP) is 2.89. The number of hydrogen-bond acceptors (Lipinski definition) is 3. The summed E-state index contributed by atoms with van der Waals surface area (Å²) >= 11 is 0. The molecular weight excluding hydrogens is 320 g/mol. The van der Waals surface area contributed by atoms with Gasteiger partial charge in [-0.3, -0.25) is 4.79 Å². The first-order valence-electron chi connectivity index (χ1n) is 8.76. The van der Waals surface area contributed by atoms with E-state index in [1.807, 2.05) is 18.2 Å². The smallest absolute Gasteiger partial charge is 0.407 e. The molecule has 1 aromatic carbocycles. The van der Waals surface area contributed by atoms with Crippen LogP contribution in [0, 0.1) is 5.41 Å². The van der Waals surface area contributed by atoms with E-state index in [2.05, 4.69) is 26.1 Å². The van der Waals surface area contributed by atoms with Crippen molar-refractivity contribution < 1.29 is 19.4 Å². The van der Waals surface area contributed by atoms with Crippen molar-refractivity contribution in [2.24, 2.45) is 5.41 Å². The summed E-state index contributed by atoms with van der Waals surface area (Å²) in [7, 11) is 0. The van der Waals surface area contributed by atoms with Crippen molar-refractivity contribution in [2.75, 3.05) is 19.7 Å². The highest BCUT2D eigenvalue weighted by Crippen LogP contribution is 2.40. The molecule has 0 aliphatic carbocycles. The number of nitrogens with one attached hydrogen (secondary N) is 1. The van der Waals surface area contributed by atoms with Gasteiger partial charge in [0.2, 0.25) is 5.91 Å². The molecular formula is C19H26N2O4. The molecule has 3 rings (SSSR count). The Morgan fingerprint density at radius 1 is 1.36 bits per heavy atom. The van der Waals surface area contributed by atoms with E-state index < -0.39 is 6.09 Å². The SMILES string of the molecule is CC(C)(C)C[C@H]1c2cccc(C3CNC(=O)CO3)c2CCN1C(=O)O. The van der Waals surface area contributed by atoms with Gasteiger partial charge in [-0.15, -0.1) is 0 Å². The lowest BCUT2D eigenvalue weighted by Crippen LogP contribution is -2.42. The lowest BCUT2D eigenvalue weighted by molar-refractivity contribution is -0.133. The predicted molar refractivity (Wildman–Crippen MR) is 93.4 cm³/mol. The molecule has 1 fully saturated rings. The first-order chi connectivity index (χ1) is 11.8. The molecule has 1 unspecified atom stereocenters. The van der Waals surface area contributed by atoms with Crippen molar-refractivity contribution in [3.05, 3.63) is 34.9 Å². The quantitative estimate of drug-likeness (QED) is 0.863. The van der Waals surface area contributed by atoms with Crippen LogP contribution >= 0.6 is 0 Å². The molecule has 2 atom stereocenters. The van der Waals surface area contributed by atoms with Crippen LogP contribution < -0.4 is 5.32 Å². The van der Waals surface area contributed by atoms with Crippen LogP contribution in [-0.4, -0.2) is 41.7 Å². The minimum Gasteiger partial charge on any atom is -0.465 e. The summed E-state index contributed by atoms with van der Waals surface area (Å²) in [6, 6.07) is 5.88. The largest absolute Gasteiger partial charge is 0.465 e. The molecule has 2 heterocycles. The molecule has 0 radical (unpaired) electrons. The van der Waals surface area contributed by atoms with Gasteiger partial charge in [-0.25, -0.2) is 4.79 Å². The van der Waals surface area contributed by atoms with E-state index in [4.69, 9.17) is 4.74 Å². The molecule has 0 aromatic heterocycles. The molecule has 0 spiro atoms. The number of carboxylic acid groups (broad SMARTS) is 1. The average molecular weight is 346 g/mol. The van der Waals surface area contributed by atoms with Gasteiger partial charge in [-0.1, -0.05) is 39.0 Å². The summed E-state index contributed by atoms with van der Waals surface area (Å²) in [6.45, 7) is 7.41. The summed E-state index contributed by atoms with van der Waals surface area (Å²) in [6.07, 6.45) is 0.398. The molecule has 136 valence electrons. The average Bonchev–Trinajstić information content (AvgIpc) is 2.54. The van der Waals surface area contributed by atoms with Crippen molar-refractivity contribution in [3.8, 4) is 0 Å². The zero-order chi connectivity index (χ0) is 18.2. The minimum absolute atomic E-state index is 0.0122. The number of fused-ring (bicyclic) bond motifs is 1. The number of rotatable bonds is 2. The molecule has 6 nitrogen and oxygen atoms in total. The molecule has 6 heteroatoms. The van der Waals surface area contributed by atoms with Crippen molar-refractivity contribution in [2.45, 2.75) is 45.8 Å². The normalized spacial score (nSPS) is 23.8. The van der Waals surface area contributed by atoms with Crippen molar-refractivity contribution in [1.29, 1.82) is 0 Å². The third-order valence-corrected chi connectivity index (χ3v) is 4.88. The fraction of sp³-hybridized carbons (Fsp3) is 0.579. The highest BCUT2D eigenvalue weighted by Gasteiger charge is 2.35. The Hall–Kier alpha value is -2.08. The maximum atomic E-state index is 11.7. The molecule has 2 aliphatic rings. The number of morpholine rings is 1. The van der Waals surface area contributed by atoms with Crippen LogP contribution in [0.25, 0.3) is 0 Å². The van der Waals surface area contributed by atoms with Crippen LogP contribution in [0.4, 0.5) is 4.79 Å². The van der Waals surface area contributed by atoms with Gasteiger partial charge in [0.1, 0.15) is 12.7 Å². The summed E-state index contributed by atoms with van der Waals surface area (Å²) in [4.78, 5) is 24.6. The molecule has 1 aromatic rings. The first kappa shape index (κ1) is 17.7. The molecule has 0 bridgehead atoms. The molecule has 1 saturated heterocycles. The number of ether oxygens (including phenoxy) is 1. The number of carbonyl (C=O) groups excluding carboxylic acids is 1. The van der Waals surface area contributed by atoms with Crippen LogP contribution in [-0.2, 0) is 16.0 Å². The van der Waals surface area contributed by atoms with Gasteiger partial charge in [0.25, 0.3) is 0 Å². The van der Waals surface area contributed by atoms with Crippen LogP contribution in [0.15, 0.2) is 18.2 Å². The van der Waals surface area contributed by atoms with E-state index in [-0.39, 0.29) is 30.1 Å². The fourth-order valence-electron chi connectivity index (χ4n) is 3.80. The number of nitrogens with zero attached hydrogens (tertiary/aromatic N) is 1. The summed E-state index contributed by atoms with van der Waals surface area (Å²) in [5, 5.41) is 12.5. The summed E-state index contributed by atoms with van der Waals surface area (Å²) in [5.74, 6) is -0.0938. The Labute approximate surface area is 148 Å². The van der Waals surface area contributed by atoms with Crippen molar-refractivity contribution in [1.82, 2.24) is 10.2 Å². The van der Waals surface area contributed by atoms with E-state index in [1.165, 1.54) is 5.56 Å². The van der Waals surface area contributed by atoms with E-state index >= 15 is 0 Å². The fourth-order valence-corrected chi connectivity index (χ4v) is 3.80. The summed E-state index contributed by atoms with van der Waals surface area (Å²) < 4.78 is 5.71. The topological polar surface area (TPSA) is 78.9 Å². The van der Waals surface area contributed by atoms with Crippen LogP contribution in [0.5, 0.6) is 0 Å². The third kappa shape index (κ3) is 3.79. The Balaban J connectivity index is 1.97. The van der Waals surface area contributed by atoms with Gasteiger partial charge in [-0.2, -0.15) is 0 Å². The Bertz CT molecular complexity index is 670. The maximum Gasteiger partial charge on any atom is 0.407 e. The van der Waals surface area contributed by atoms with E-state index in [9.17, 15) is 14.7 Å². The monoisotopic (exact) mass is 346 g/mol. The zero-order valence-electron chi connectivity index (χ0n) is 15.0. The number of carbonyl (C=O) groups is 2. The first-order valence-corrected chi connectivity index (χ1v) is 8.76.